The zero-order valence-electron chi connectivity index (χ0n) is 29.9. The maximum absolute atomic E-state index is 12.8. The Morgan fingerprint density at radius 1 is 0.469 bits per heavy atom. The molecule has 4 aromatic carbocycles. The lowest BCUT2D eigenvalue weighted by molar-refractivity contribution is 0.240. The minimum atomic E-state index is -2.36. The number of carbonyl (C=O) groups excluding carboxylic acids is 1. The summed E-state index contributed by atoms with van der Waals surface area (Å²) in [7, 11) is -2.36. The van der Waals surface area contributed by atoms with E-state index in [1.54, 1.807) is 0 Å². The molecular weight excluding hydrogens is 613 g/mol. The van der Waals surface area contributed by atoms with Crippen LogP contribution in [0, 0.1) is 0 Å². The van der Waals surface area contributed by atoms with Gasteiger partial charge in [0, 0.05) is 13.1 Å². The first-order valence-electron chi connectivity index (χ1n) is 18.9. The number of urea groups is 1. The van der Waals surface area contributed by atoms with Crippen LogP contribution in [-0.2, 0) is 0 Å². The van der Waals surface area contributed by atoms with Crippen LogP contribution in [0.1, 0.15) is 99.8 Å². The van der Waals surface area contributed by atoms with E-state index in [1.165, 1.54) is 102 Å². The minimum absolute atomic E-state index is 0.0400. The molecule has 0 aliphatic carbocycles. The fraction of sp³-hybridized carbons (Fsp3) is 0.356. The number of nitrogens with one attached hydrogen (secondary N) is 2. The van der Waals surface area contributed by atoms with Gasteiger partial charge in [0.25, 0.3) is 0 Å². The van der Waals surface area contributed by atoms with Gasteiger partial charge in [-0.1, -0.05) is 193 Å². The van der Waals surface area contributed by atoms with Crippen molar-refractivity contribution in [2.45, 2.75) is 90.1 Å². The van der Waals surface area contributed by atoms with Crippen LogP contribution in [-0.4, -0.2) is 27.2 Å². The van der Waals surface area contributed by atoms with E-state index in [0.29, 0.717) is 6.54 Å². The van der Waals surface area contributed by atoms with Gasteiger partial charge in [-0.3, -0.25) is 0 Å². The van der Waals surface area contributed by atoms with Crippen LogP contribution in [0.5, 0.6) is 0 Å². The zero-order chi connectivity index (χ0) is 34.2. The largest absolute Gasteiger partial charge is 0.338 e. The number of allylic oxidation sites excluding steroid dienone is 2. The van der Waals surface area contributed by atoms with Crippen molar-refractivity contribution in [3.05, 3.63) is 144 Å². The first-order valence-corrected chi connectivity index (χ1v) is 21.6. The third-order valence-corrected chi connectivity index (χ3v) is 14.7. The molecule has 0 spiro atoms. The van der Waals surface area contributed by atoms with Gasteiger partial charge in [0.1, 0.15) is 8.07 Å². The number of carbonyl (C=O) groups is 1. The van der Waals surface area contributed by atoms with E-state index in [2.05, 4.69) is 145 Å². The molecule has 0 aromatic heterocycles. The summed E-state index contributed by atoms with van der Waals surface area (Å²) >= 11 is 0. The molecule has 2 amide bonds. The molecule has 3 nitrogen and oxygen atoms in total. The molecule has 1 aliphatic heterocycles. The summed E-state index contributed by atoms with van der Waals surface area (Å²) in [5, 5.41) is 9.29. The topological polar surface area (TPSA) is 41.1 Å². The van der Waals surface area contributed by atoms with Crippen molar-refractivity contribution in [2.75, 3.05) is 13.1 Å². The molecule has 4 aromatic rings. The van der Waals surface area contributed by atoms with Crippen molar-refractivity contribution in [3.8, 4) is 0 Å². The predicted molar refractivity (Wildman–Crippen MR) is 214 cm³/mol. The second kappa shape index (κ2) is 19.1. The number of hydrogen-bond acceptors (Lipinski definition) is 1. The van der Waals surface area contributed by atoms with Crippen molar-refractivity contribution in [1.29, 1.82) is 0 Å². The van der Waals surface area contributed by atoms with Gasteiger partial charge < -0.3 is 10.6 Å². The predicted octanol–water partition coefficient (Wildman–Crippen LogP) is 12.0. The molecule has 0 unspecified atom stereocenters. The van der Waals surface area contributed by atoms with Gasteiger partial charge in [-0.05, 0) is 62.7 Å². The summed E-state index contributed by atoms with van der Waals surface area (Å²) in [4.78, 5) is 12.8. The Balaban J connectivity index is 1.32. The van der Waals surface area contributed by atoms with Gasteiger partial charge in [-0.15, -0.1) is 0 Å². The zero-order valence-corrected chi connectivity index (χ0v) is 30.9. The van der Waals surface area contributed by atoms with Crippen molar-refractivity contribution in [3.63, 3.8) is 0 Å². The van der Waals surface area contributed by atoms with Gasteiger partial charge in [0.05, 0.1) is 0 Å². The van der Waals surface area contributed by atoms with Crippen LogP contribution in [0.2, 0.25) is 12.6 Å². The van der Waals surface area contributed by atoms with Gasteiger partial charge >= 0.3 is 6.03 Å². The second-order valence-electron chi connectivity index (χ2n) is 13.8. The molecule has 256 valence electrons. The van der Waals surface area contributed by atoms with E-state index in [-0.39, 0.29) is 6.03 Å². The summed E-state index contributed by atoms with van der Waals surface area (Å²) in [6, 6.07) is 45.0. The molecule has 49 heavy (non-hydrogen) atoms. The summed E-state index contributed by atoms with van der Waals surface area (Å²) in [6.45, 7) is 6.24. The highest BCUT2D eigenvalue weighted by atomic mass is 28.3. The quantitative estimate of drug-likeness (QED) is 0.0758. The molecule has 4 heteroatoms. The maximum atomic E-state index is 12.8. The molecule has 1 aliphatic rings. The van der Waals surface area contributed by atoms with Gasteiger partial charge in [-0.2, -0.15) is 0 Å². The fourth-order valence-corrected chi connectivity index (χ4v) is 12.5. The number of rotatable bonds is 19. The summed E-state index contributed by atoms with van der Waals surface area (Å²) in [5.74, 6) is 0. The van der Waals surface area contributed by atoms with Gasteiger partial charge in [0.15, 0.2) is 0 Å². The number of unbranched alkanes of at least 4 members (excludes halogenated alkanes) is 9. The lowest BCUT2D eigenvalue weighted by Crippen LogP contribution is -2.38. The molecule has 0 saturated carbocycles. The van der Waals surface area contributed by atoms with E-state index in [0.717, 1.165) is 25.4 Å². The SMILES string of the molecule is CCCCCCCCCCCCNC(=O)NCCC[Si]1(C)C(c2ccccc2)=C(c2ccccc2)C(c2ccccc2)=C1c1ccccc1. The van der Waals surface area contributed by atoms with Crippen molar-refractivity contribution in [1.82, 2.24) is 10.6 Å². The smallest absolute Gasteiger partial charge is 0.314 e. The Kier molecular flexibility index (Phi) is 14.1. The third-order valence-electron chi connectivity index (χ3n) is 10.1. The van der Waals surface area contributed by atoms with Crippen LogP contribution >= 0.6 is 0 Å². The third kappa shape index (κ3) is 9.73. The fourth-order valence-electron chi connectivity index (χ4n) is 7.62. The molecule has 0 saturated heterocycles. The first-order chi connectivity index (χ1) is 24.1. The molecule has 5 rings (SSSR count). The number of benzene rings is 4. The average molecular weight is 669 g/mol. The van der Waals surface area contributed by atoms with Crippen molar-refractivity contribution < 1.29 is 4.79 Å². The standard InChI is InChI=1S/C45H56N2OSi/c1-3-4-5-6-7-8-9-10-11-24-34-46-45(48)47-35-25-36-49(2)43(39-30-20-14-21-31-39)41(37-26-16-12-17-27-37)42(38-28-18-13-19-29-38)44(49)40-32-22-15-23-33-40/h12-23,26-33H,3-11,24-25,34-36H2,1-2H3,(H2,46,47,48). The Morgan fingerprint density at radius 2 is 0.816 bits per heavy atom. The summed E-state index contributed by atoms with van der Waals surface area (Å²) < 4.78 is 0. The highest BCUT2D eigenvalue weighted by molar-refractivity contribution is 7.14. The van der Waals surface area contributed by atoms with Crippen LogP contribution in [0.15, 0.2) is 121 Å². The summed E-state index contributed by atoms with van der Waals surface area (Å²) in [5.41, 5.74) is 7.83. The highest BCUT2D eigenvalue weighted by Crippen LogP contribution is 2.57. The van der Waals surface area contributed by atoms with E-state index in [9.17, 15) is 4.79 Å². The van der Waals surface area contributed by atoms with E-state index in [4.69, 9.17) is 0 Å². The molecule has 0 fully saturated rings. The Bertz CT molecular complexity index is 1530. The van der Waals surface area contributed by atoms with Crippen molar-refractivity contribution >= 4 is 35.6 Å². The second-order valence-corrected chi connectivity index (χ2v) is 17.9. The summed E-state index contributed by atoms with van der Waals surface area (Å²) in [6.07, 6.45) is 13.9. The van der Waals surface area contributed by atoms with Crippen LogP contribution < -0.4 is 10.6 Å². The molecule has 0 bridgehead atoms. The van der Waals surface area contributed by atoms with Gasteiger partial charge in [0.2, 0.25) is 0 Å². The molecular formula is C45H56N2OSi. The number of amides is 2. The molecule has 0 atom stereocenters. The Morgan fingerprint density at radius 3 is 1.22 bits per heavy atom. The monoisotopic (exact) mass is 668 g/mol. The normalized spacial score (nSPS) is 13.9. The Labute approximate surface area is 297 Å². The highest BCUT2D eigenvalue weighted by Gasteiger charge is 2.46. The van der Waals surface area contributed by atoms with Gasteiger partial charge in [-0.25, -0.2) is 4.79 Å². The van der Waals surface area contributed by atoms with E-state index < -0.39 is 8.07 Å². The number of hydrogen-bond donors (Lipinski definition) is 2. The van der Waals surface area contributed by atoms with Crippen LogP contribution in [0.4, 0.5) is 4.79 Å². The molecule has 0 radical (unpaired) electrons. The first kappa shape index (κ1) is 36.1. The lowest BCUT2D eigenvalue weighted by Gasteiger charge is -2.31. The lowest BCUT2D eigenvalue weighted by atomic mass is 9.89. The Hall–Kier alpha value is -4.15. The van der Waals surface area contributed by atoms with Crippen LogP contribution in [0.3, 0.4) is 0 Å². The van der Waals surface area contributed by atoms with Crippen molar-refractivity contribution in [2.24, 2.45) is 0 Å². The van der Waals surface area contributed by atoms with E-state index in [1.807, 2.05) is 0 Å². The molecule has 1 heterocycles. The average Bonchev–Trinajstić information content (AvgIpc) is 3.42. The van der Waals surface area contributed by atoms with E-state index >= 15 is 0 Å². The minimum Gasteiger partial charge on any atom is -0.338 e. The molecule has 2 N–H and O–H groups in total. The maximum Gasteiger partial charge on any atom is 0.314 e. The van der Waals surface area contributed by atoms with Crippen LogP contribution in [0.25, 0.3) is 21.5 Å².